The Morgan fingerprint density at radius 3 is 2.65 bits per heavy atom. The summed E-state index contributed by atoms with van der Waals surface area (Å²) in [5.74, 6) is -2.79. The molecule has 2 amide bonds. The Kier molecular flexibility index (Phi) is 6.68. The Hall–Kier alpha value is -3.79. The fraction of sp³-hybridized carbons (Fsp3) is 0.259. The van der Waals surface area contributed by atoms with Crippen LogP contribution >= 0.6 is 0 Å². The lowest BCUT2D eigenvalue weighted by molar-refractivity contribution is 0.248. The summed E-state index contributed by atoms with van der Waals surface area (Å²) in [6.07, 6.45) is 8.04. The maximum Gasteiger partial charge on any atom is 0.319 e. The van der Waals surface area contributed by atoms with Crippen LogP contribution in [0.3, 0.4) is 0 Å². The number of nitrogens with one attached hydrogen (secondary N) is 3. The van der Waals surface area contributed by atoms with Crippen molar-refractivity contribution in [1.29, 1.82) is 0 Å². The zero-order valence-electron chi connectivity index (χ0n) is 20.1. The number of amides is 2. The van der Waals surface area contributed by atoms with Crippen LogP contribution in [0.25, 0.3) is 11.0 Å². The SMILES string of the molecule is CS(=O)(=O)c1cccc(C(c2c(F)ccc(NC(=O)NC3CCCC3)c2F)c2c[nH]c3ncccc23)c1. The Balaban J connectivity index is 1.64. The fourth-order valence-corrected chi connectivity index (χ4v) is 5.66. The molecule has 3 N–H and O–H groups in total. The molecule has 10 heteroatoms. The van der Waals surface area contributed by atoms with Crippen LogP contribution in [0.1, 0.15) is 48.3 Å². The van der Waals surface area contributed by atoms with Crippen LogP contribution < -0.4 is 10.6 Å². The molecule has 1 unspecified atom stereocenters. The molecule has 0 spiro atoms. The van der Waals surface area contributed by atoms with Gasteiger partial charge in [-0.05, 0) is 60.4 Å². The predicted molar refractivity (Wildman–Crippen MR) is 137 cm³/mol. The van der Waals surface area contributed by atoms with Gasteiger partial charge in [-0.2, -0.15) is 0 Å². The van der Waals surface area contributed by atoms with E-state index in [0.29, 0.717) is 22.2 Å². The number of anilines is 1. The highest BCUT2D eigenvalue weighted by Gasteiger charge is 2.29. The fourth-order valence-electron chi connectivity index (χ4n) is 4.99. The Labute approximate surface area is 213 Å². The van der Waals surface area contributed by atoms with Crippen molar-refractivity contribution in [2.75, 3.05) is 11.6 Å². The van der Waals surface area contributed by atoms with Crippen LogP contribution in [0, 0.1) is 11.6 Å². The van der Waals surface area contributed by atoms with E-state index in [9.17, 15) is 13.2 Å². The zero-order valence-corrected chi connectivity index (χ0v) is 20.9. The highest BCUT2D eigenvalue weighted by Crippen LogP contribution is 2.40. The van der Waals surface area contributed by atoms with Gasteiger partial charge in [-0.1, -0.05) is 25.0 Å². The molecule has 0 aliphatic heterocycles. The minimum absolute atomic E-state index is 0.0215. The minimum atomic E-state index is -3.58. The van der Waals surface area contributed by atoms with E-state index in [4.69, 9.17) is 0 Å². The average Bonchev–Trinajstić information content (AvgIpc) is 3.53. The average molecular weight is 525 g/mol. The van der Waals surface area contributed by atoms with Crippen LogP contribution in [-0.4, -0.2) is 36.7 Å². The molecule has 1 saturated carbocycles. The summed E-state index contributed by atoms with van der Waals surface area (Å²) < 4.78 is 56.0. The van der Waals surface area contributed by atoms with Crippen molar-refractivity contribution in [2.24, 2.45) is 0 Å². The molecule has 2 aromatic heterocycles. The molecule has 1 atom stereocenters. The number of sulfone groups is 1. The maximum absolute atomic E-state index is 16.0. The molecule has 1 aliphatic rings. The summed E-state index contributed by atoms with van der Waals surface area (Å²) in [4.78, 5) is 19.9. The number of nitrogens with zero attached hydrogens (tertiary/aromatic N) is 1. The monoisotopic (exact) mass is 524 g/mol. The van der Waals surface area contributed by atoms with Gasteiger partial charge < -0.3 is 15.6 Å². The summed E-state index contributed by atoms with van der Waals surface area (Å²) in [7, 11) is -3.58. The molecule has 4 aromatic rings. The third kappa shape index (κ3) is 5.06. The predicted octanol–water partition coefficient (Wildman–Crippen LogP) is 5.49. The van der Waals surface area contributed by atoms with Crippen molar-refractivity contribution < 1.29 is 22.0 Å². The largest absolute Gasteiger partial charge is 0.346 e. The Morgan fingerprint density at radius 2 is 1.89 bits per heavy atom. The lowest BCUT2D eigenvalue weighted by Gasteiger charge is -2.22. The Bertz CT molecular complexity index is 1580. The second-order valence-electron chi connectivity index (χ2n) is 9.32. The summed E-state index contributed by atoms with van der Waals surface area (Å²) in [6, 6.07) is 11.2. The number of carbonyl (C=O) groups excluding carboxylic acids is 1. The van der Waals surface area contributed by atoms with E-state index in [-0.39, 0.29) is 22.2 Å². The molecule has 2 aromatic carbocycles. The topological polar surface area (TPSA) is 104 Å². The number of benzene rings is 2. The number of halogens is 2. The third-order valence-electron chi connectivity index (χ3n) is 6.77. The standard InChI is InChI=1S/C27H26F2N4O3S/c1-37(35,36)18-9-4-6-16(14-18)23(20-15-31-26-19(20)10-5-13-30-26)24-21(28)11-12-22(25(24)29)33-27(34)32-17-7-2-3-8-17/h4-6,9-15,17,23H,2-3,7-8H2,1H3,(H,30,31)(H2,32,33,34). The zero-order chi connectivity index (χ0) is 26.2. The minimum Gasteiger partial charge on any atom is -0.346 e. The number of urea groups is 1. The first kappa shape index (κ1) is 24.9. The Morgan fingerprint density at radius 1 is 1.11 bits per heavy atom. The molecule has 37 heavy (non-hydrogen) atoms. The van der Waals surface area contributed by atoms with Crippen LogP contribution in [0.15, 0.2) is 65.8 Å². The lowest BCUT2D eigenvalue weighted by Crippen LogP contribution is -2.36. The summed E-state index contributed by atoms with van der Waals surface area (Å²) in [5.41, 5.74) is 0.924. The molecule has 0 radical (unpaired) electrons. The summed E-state index contributed by atoms with van der Waals surface area (Å²) in [5, 5.41) is 5.99. The molecule has 2 heterocycles. The first-order valence-corrected chi connectivity index (χ1v) is 13.9. The van der Waals surface area contributed by atoms with E-state index in [2.05, 4.69) is 20.6 Å². The quantitative estimate of drug-likeness (QED) is 0.310. The highest BCUT2D eigenvalue weighted by molar-refractivity contribution is 7.90. The summed E-state index contributed by atoms with van der Waals surface area (Å²) >= 11 is 0. The second kappa shape index (κ2) is 9.93. The number of aromatic amines is 1. The van der Waals surface area contributed by atoms with Gasteiger partial charge in [0.25, 0.3) is 0 Å². The van der Waals surface area contributed by atoms with E-state index in [0.717, 1.165) is 38.0 Å². The van der Waals surface area contributed by atoms with Crippen molar-refractivity contribution in [1.82, 2.24) is 15.3 Å². The van der Waals surface area contributed by atoms with E-state index >= 15 is 8.78 Å². The first-order valence-electron chi connectivity index (χ1n) is 12.0. The van der Waals surface area contributed by atoms with Gasteiger partial charge in [0, 0.05) is 41.6 Å². The van der Waals surface area contributed by atoms with E-state index in [1.807, 2.05) is 0 Å². The molecule has 7 nitrogen and oxygen atoms in total. The van der Waals surface area contributed by atoms with Gasteiger partial charge in [-0.15, -0.1) is 0 Å². The van der Waals surface area contributed by atoms with Crippen molar-refractivity contribution in [3.63, 3.8) is 0 Å². The molecule has 0 saturated heterocycles. The molecule has 192 valence electrons. The molecule has 5 rings (SSSR count). The number of H-pyrrole nitrogens is 1. The van der Waals surface area contributed by atoms with Crippen molar-refractivity contribution in [3.8, 4) is 0 Å². The molecular formula is C27H26F2N4O3S. The van der Waals surface area contributed by atoms with Gasteiger partial charge in [0.15, 0.2) is 15.7 Å². The van der Waals surface area contributed by atoms with Crippen LogP contribution in [0.5, 0.6) is 0 Å². The number of aromatic nitrogens is 2. The molecule has 1 aliphatic carbocycles. The van der Waals surface area contributed by atoms with E-state index < -0.39 is 33.4 Å². The third-order valence-corrected chi connectivity index (χ3v) is 7.88. The van der Waals surface area contributed by atoms with Crippen LogP contribution in [0.4, 0.5) is 19.3 Å². The molecule has 0 bridgehead atoms. The van der Waals surface area contributed by atoms with Gasteiger partial charge >= 0.3 is 6.03 Å². The number of pyridine rings is 1. The number of hydrogen-bond donors (Lipinski definition) is 3. The summed E-state index contributed by atoms with van der Waals surface area (Å²) in [6.45, 7) is 0. The second-order valence-corrected chi connectivity index (χ2v) is 11.3. The van der Waals surface area contributed by atoms with Crippen LogP contribution in [0.2, 0.25) is 0 Å². The van der Waals surface area contributed by atoms with Gasteiger partial charge in [0.1, 0.15) is 11.5 Å². The highest BCUT2D eigenvalue weighted by atomic mass is 32.2. The maximum atomic E-state index is 16.0. The van der Waals surface area contributed by atoms with E-state index in [1.54, 1.807) is 36.7 Å². The van der Waals surface area contributed by atoms with Crippen molar-refractivity contribution >= 4 is 32.6 Å². The van der Waals surface area contributed by atoms with Crippen molar-refractivity contribution in [2.45, 2.75) is 42.5 Å². The van der Waals surface area contributed by atoms with Crippen molar-refractivity contribution in [3.05, 3.63) is 89.2 Å². The number of hydrogen-bond acceptors (Lipinski definition) is 4. The molecular weight excluding hydrogens is 498 g/mol. The number of rotatable bonds is 6. The smallest absolute Gasteiger partial charge is 0.319 e. The van der Waals surface area contributed by atoms with Gasteiger partial charge in [0.2, 0.25) is 0 Å². The molecule has 1 fully saturated rings. The van der Waals surface area contributed by atoms with E-state index in [1.165, 1.54) is 18.2 Å². The van der Waals surface area contributed by atoms with Gasteiger partial charge in [-0.3, -0.25) is 0 Å². The first-order chi connectivity index (χ1) is 17.7. The normalized spacial score (nSPS) is 15.1. The lowest BCUT2D eigenvalue weighted by atomic mass is 9.84. The number of fused-ring (bicyclic) bond motifs is 1. The van der Waals surface area contributed by atoms with Gasteiger partial charge in [-0.25, -0.2) is 27.0 Å². The van der Waals surface area contributed by atoms with Crippen LogP contribution in [-0.2, 0) is 9.84 Å². The van der Waals surface area contributed by atoms with Gasteiger partial charge in [0.05, 0.1) is 10.6 Å². The number of carbonyl (C=O) groups is 1.